The van der Waals surface area contributed by atoms with Gasteiger partial charge in [0.05, 0.1) is 5.69 Å². The minimum atomic E-state index is -3.45. The van der Waals surface area contributed by atoms with Crippen LogP contribution in [0.15, 0.2) is 29.3 Å². The molecule has 5 heteroatoms. The summed E-state index contributed by atoms with van der Waals surface area (Å²) in [4.78, 5) is 3.61. The van der Waals surface area contributed by atoms with E-state index in [4.69, 9.17) is 5.26 Å². The van der Waals surface area contributed by atoms with E-state index in [1.54, 1.807) is 24.3 Å². The standard InChI is InChI=1S/C9H8N2O2S/c1-14(12,13)9(7-10)6-8-4-2-3-5-11-8/h2-6H,1H3. The van der Waals surface area contributed by atoms with Crippen LogP contribution >= 0.6 is 0 Å². The molecular formula is C9H8N2O2S. The van der Waals surface area contributed by atoms with E-state index in [0.29, 0.717) is 5.69 Å². The van der Waals surface area contributed by atoms with Gasteiger partial charge in [0.2, 0.25) is 0 Å². The van der Waals surface area contributed by atoms with Gasteiger partial charge >= 0.3 is 0 Å². The maximum absolute atomic E-state index is 11.0. The normalized spacial score (nSPS) is 12.1. The topological polar surface area (TPSA) is 70.8 Å². The number of pyridine rings is 1. The van der Waals surface area contributed by atoms with Crippen LogP contribution in [0.3, 0.4) is 0 Å². The first kappa shape index (κ1) is 10.4. The van der Waals surface area contributed by atoms with Crippen LogP contribution in [0.2, 0.25) is 0 Å². The van der Waals surface area contributed by atoms with Crippen LogP contribution in [0.1, 0.15) is 5.69 Å². The third-order valence-corrected chi connectivity index (χ3v) is 2.48. The molecule has 0 aliphatic carbocycles. The van der Waals surface area contributed by atoms with Crippen molar-refractivity contribution in [3.63, 3.8) is 0 Å². The molecule has 0 saturated heterocycles. The molecule has 1 rings (SSSR count). The van der Waals surface area contributed by atoms with E-state index in [9.17, 15) is 8.42 Å². The highest BCUT2D eigenvalue weighted by molar-refractivity contribution is 7.95. The fraction of sp³-hybridized carbons (Fsp3) is 0.111. The molecule has 0 atom stereocenters. The zero-order valence-electron chi connectivity index (χ0n) is 7.51. The fourth-order valence-corrected chi connectivity index (χ4v) is 1.32. The molecule has 0 N–H and O–H groups in total. The average molecular weight is 208 g/mol. The average Bonchev–Trinajstić information content (AvgIpc) is 2.14. The minimum absolute atomic E-state index is 0.281. The number of hydrogen-bond acceptors (Lipinski definition) is 4. The van der Waals surface area contributed by atoms with Crippen LogP contribution < -0.4 is 0 Å². The molecule has 0 fully saturated rings. The van der Waals surface area contributed by atoms with Crippen molar-refractivity contribution in [3.05, 3.63) is 35.0 Å². The van der Waals surface area contributed by atoms with E-state index < -0.39 is 9.84 Å². The molecule has 1 aromatic rings. The van der Waals surface area contributed by atoms with Crippen molar-refractivity contribution >= 4 is 15.9 Å². The molecule has 0 aliphatic rings. The van der Waals surface area contributed by atoms with Crippen molar-refractivity contribution in [1.82, 2.24) is 4.98 Å². The first-order chi connectivity index (χ1) is 6.54. The van der Waals surface area contributed by atoms with Crippen LogP contribution in [0.4, 0.5) is 0 Å². The van der Waals surface area contributed by atoms with Gasteiger partial charge < -0.3 is 0 Å². The highest BCUT2D eigenvalue weighted by Gasteiger charge is 2.10. The Morgan fingerprint density at radius 3 is 2.71 bits per heavy atom. The summed E-state index contributed by atoms with van der Waals surface area (Å²) in [5.41, 5.74) is 0.453. The number of rotatable bonds is 2. The van der Waals surface area contributed by atoms with Gasteiger partial charge in [-0.2, -0.15) is 5.26 Å². The lowest BCUT2D eigenvalue weighted by molar-refractivity contribution is 0.609. The monoisotopic (exact) mass is 208 g/mol. The van der Waals surface area contributed by atoms with Gasteiger partial charge in [-0.25, -0.2) is 8.42 Å². The molecule has 0 aliphatic heterocycles. The van der Waals surface area contributed by atoms with Gasteiger partial charge in [0.25, 0.3) is 0 Å². The van der Waals surface area contributed by atoms with Crippen molar-refractivity contribution < 1.29 is 8.42 Å². The molecule has 0 unspecified atom stereocenters. The van der Waals surface area contributed by atoms with Gasteiger partial charge in [0, 0.05) is 12.5 Å². The van der Waals surface area contributed by atoms with Gasteiger partial charge in [0.1, 0.15) is 11.0 Å². The SMILES string of the molecule is CS(=O)(=O)C(C#N)=Cc1ccccn1. The van der Waals surface area contributed by atoms with Crippen LogP contribution in [-0.2, 0) is 9.84 Å². The fourth-order valence-electron chi connectivity index (χ4n) is 0.818. The third kappa shape index (κ3) is 2.68. The zero-order valence-corrected chi connectivity index (χ0v) is 8.32. The van der Waals surface area contributed by atoms with Crippen LogP contribution in [0.5, 0.6) is 0 Å². The summed E-state index contributed by atoms with van der Waals surface area (Å²) >= 11 is 0. The summed E-state index contributed by atoms with van der Waals surface area (Å²) in [6.45, 7) is 0. The predicted molar refractivity (Wildman–Crippen MR) is 52.7 cm³/mol. The Bertz CT molecular complexity index is 483. The van der Waals surface area contributed by atoms with Gasteiger partial charge in [-0.05, 0) is 18.2 Å². The van der Waals surface area contributed by atoms with E-state index in [2.05, 4.69) is 4.98 Å². The molecule has 72 valence electrons. The number of nitrogens with zero attached hydrogens (tertiary/aromatic N) is 2. The van der Waals surface area contributed by atoms with Crippen LogP contribution in [0, 0.1) is 11.3 Å². The number of allylic oxidation sites excluding steroid dienone is 1. The molecule has 0 saturated carbocycles. The first-order valence-electron chi connectivity index (χ1n) is 3.77. The van der Waals surface area contributed by atoms with Crippen molar-refractivity contribution in [2.45, 2.75) is 0 Å². The maximum atomic E-state index is 11.0. The molecule has 0 aromatic carbocycles. The Hall–Kier alpha value is -1.67. The van der Waals surface area contributed by atoms with Crippen LogP contribution in [-0.4, -0.2) is 19.7 Å². The third-order valence-electron chi connectivity index (χ3n) is 1.48. The van der Waals surface area contributed by atoms with Crippen molar-refractivity contribution in [3.8, 4) is 6.07 Å². The van der Waals surface area contributed by atoms with Gasteiger partial charge in [-0.3, -0.25) is 4.98 Å². The Balaban J connectivity index is 3.17. The highest BCUT2D eigenvalue weighted by Crippen LogP contribution is 2.08. The molecule has 1 heterocycles. The van der Waals surface area contributed by atoms with E-state index in [0.717, 1.165) is 6.26 Å². The quantitative estimate of drug-likeness (QED) is 0.679. The Morgan fingerprint density at radius 2 is 2.29 bits per heavy atom. The number of nitriles is 1. The summed E-state index contributed by atoms with van der Waals surface area (Å²) in [5.74, 6) is 0. The molecular weight excluding hydrogens is 200 g/mol. The molecule has 4 nitrogen and oxygen atoms in total. The van der Waals surface area contributed by atoms with Gasteiger partial charge in [-0.1, -0.05) is 6.07 Å². The van der Waals surface area contributed by atoms with E-state index in [1.165, 1.54) is 12.3 Å². The largest absolute Gasteiger partial charge is 0.257 e. The highest BCUT2D eigenvalue weighted by atomic mass is 32.2. The second-order valence-electron chi connectivity index (χ2n) is 2.65. The van der Waals surface area contributed by atoms with Crippen molar-refractivity contribution in [2.75, 3.05) is 6.26 Å². The lowest BCUT2D eigenvalue weighted by Crippen LogP contribution is -1.98. The van der Waals surface area contributed by atoms with E-state index >= 15 is 0 Å². The van der Waals surface area contributed by atoms with Gasteiger partial charge in [-0.15, -0.1) is 0 Å². The molecule has 0 bridgehead atoms. The van der Waals surface area contributed by atoms with Crippen molar-refractivity contribution in [1.29, 1.82) is 5.26 Å². The second kappa shape index (κ2) is 4.03. The maximum Gasteiger partial charge on any atom is 0.185 e. The second-order valence-corrected chi connectivity index (χ2v) is 4.63. The molecule has 0 amide bonds. The zero-order chi connectivity index (χ0) is 10.6. The first-order valence-corrected chi connectivity index (χ1v) is 5.66. The lowest BCUT2D eigenvalue weighted by Gasteiger charge is -1.94. The number of hydrogen-bond donors (Lipinski definition) is 0. The summed E-state index contributed by atoms with van der Waals surface area (Å²) < 4.78 is 22.1. The van der Waals surface area contributed by atoms with E-state index in [-0.39, 0.29) is 4.91 Å². The molecule has 0 spiro atoms. The van der Waals surface area contributed by atoms with E-state index in [1.807, 2.05) is 0 Å². The number of sulfone groups is 1. The molecule has 0 radical (unpaired) electrons. The molecule has 14 heavy (non-hydrogen) atoms. The smallest absolute Gasteiger partial charge is 0.185 e. The summed E-state index contributed by atoms with van der Waals surface area (Å²) in [6.07, 6.45) is 3.77. The summed E-state index contributed by atoms with van der Waals surface area (Å²) in [6, 6.07) is 6.68. The minimum Gasteiger partial charge on any atom is -0.257 e. The molecule has 1 aromatic heterocycles. The Labute approximate surface area is 82.4 Å². The summed E-state index contributed by atoms with van der Waals surface area (Å²) in [7, 11) is -3.45. The lowest BCUT2D eigenvalue weighted by atomic mass is 10.3. The number of aromatic nitrogens is 1. The van der Waals surface area contributed by atoms with Gasteiger partial charge in [0.15, 0.2) is 9.84 Å². The van der Waals surface area contributed by atoms with Crippen LogP contribution in [0.25, 0.3) is 6.08 Å². The predicted octanol–water partition coefficient (Wildman–Crippen LogP) is 0.991. The Kier molecular flexibility index (Phi) is 2.99. The van der Waals surface area contributed by atoms with Crippen molar-refractivity contribution in [2.24, 2.45) is 0 Å². The Morgan fingerprint density at radius 1 is 1.57 bits per heavy atom. The summed E-state index contributed by atoms with van der Waals surface area (Å²) in [5, 5.41) is 8.60.